The third kappa shape index (κ3) is 3.16. The Balaban J connectivity index is 2.16. The second kappa shape index (κ2) is 5.61. The van der Waals surface area contributed by atoms with Crippen LogP contribution in [0.25, 0.3) is 0 Å². The molecule has 0 atom stereocenters. The molecule has 1 heterocycles. The van der Waals surface area contributed by atoms with E-state index in [-0.39, 0.29) is 10.6 Å². The molecule has 0 unspecified atom stereocenters. The van der Waals surface area contributed by atoms with E-state index in [1.54, 1.807) is 29.7 Å². The second-order valence-corrected chi connectivity index (χ2v) is 6.18. The Bertz CT molecular complexity index is 585. The van der Waals surface area contributed by atoms with E-state index in [9.17, 15) is 10.1 Å². The number of hydrogen-bond acceptors (Lipinski definition) is 5. The maximum atomic E-state index is 10.9. The predicted octanol–water partition coefficient (Wildman–Crippen LogP) is 3.58. The Morgan fingerprint density at radius 3 is 2.94 bits per heavy atom. The predicted molar refractivity (Wildman–Crippen MR) is 80.0 cm³/mol. The van der Waals surface area contributed by atoms with Crippen LogP contribution in [0.4, 0.5) is 11.4 Å². The number of hydrogen-bond donors (Lipinski definition) is 1. The van der Waals surface area contributed by atoms with Crippen molar-refractivity contribution in [2.75, 3.05) is 5.32 Å². The number of nitro groups is 1. The fraction of sp³-hybridized carbons (Fsp3) is 0.182. The van der Waals surface area contributed by atoms with Crippen LogP contribution in [-0.2, 0) is 6.54 Å². The number of benzene rings is 1. The first-order valence-electron chi connectivity index (χ1n) is 5.15. The van der Waals surface area contributed by atoms with Crippen LogP contribution in [0.3, 0.4) is 0 Å². The molecule has 0 fully saturated rings. The number of rotatable bonds is 4. The summed E-state index contributed by atoms with van der Waals surface area (Å²) in [6, 6.07) is 5.13. The van der Waals surface area contributed by atoms with E-state index < -0.39 is 0 Å². The maximum absolute atomic E-state index is 10.9. The molecule has 0 aliphatic rings. The fourth-order valence-electron chi connectivity index (χ4n) is 1.47. The van der Waals surface area contributed by atoms with Gasteiger partial charge in [-0.3, -0.25) is 10.1 Å². The summed E-state index contributed by atoms with van der Waals surface area (Å²) in [6.07, 6.45) is 1.78. The molecular formula is C11H10IN3O2S. The fourth-order valence-corrected chi connectivity index (χ4v) is 2.68. The van der Waals surface area contributed by atoms with Crippen molar-refractivity contribution >= 4 is 45.3 Å². The van der Waals surface area contributed by atoms with E-state index in [4.69, 9.17) is 0 Å². The highest BCUT2D eigenvalue weighted by atomic mass is 127. The quantitative estimate of drug-likeness (QED) is 0.504. The van der Waals surface area contributed by atoms with Crippen molar-refractivity contribution in [2.24, 2.45) is 0 Å². The molecule has 94 valence electrons. The standard InChI is InChI=1S/C11H10IN3O2S/c1-7-13-5-9(18-7)6-14-10-3-2-8(12)4-11(10)15(16)17/h2-5,14H,6H2,1H3. The minimum atomic E-state index is -0.373. The van der Waals surface area contributed by atoms with Crippen molar-refractivity contribution in [1.82, 2.24) is 4.98 Å². The molecule has 5 nitrogen and oxygen atoms in total. The lowest BCUT2D eigenvalue weighted by atomic mass is 10.2. The number of anilines is 1. The summed E-state index contributed by atoms with van der Waals surface area (Å²) in [6.45, 7) is 2.48. The van der Waals surface area contributed by atoms with E-state index in [1.807, 2.05) is 13.0 Å². The number of nitrogens with one attached hydrogen (secondary N) is 1. The van der Waals surface area contributed by atoms with Crippen LogP contribution >= 0.6 is 33.9 Å². The summed E-state index contributed by atoms with van der Waals surface area (Å²) in [5, 5.41) is 15.0. The second-order valence-electron chi connectivity index (χ2n) is 3.62. The summed E-state index contributed by atoms with van der Waals surface area (Å²) in [5.41, 5.74) is 0.634. The summed E-state index contributed by atoms with van der Waals surface area (Å²) in [5.74, 6) is 0. The molecule has 1 aromatic heterocycles. The van der Waals surface area contributed by atoms with E-state index >= 15 is 0 Å². The zero-order valence-electron chi connectivity index (χ0n) is 9.51. The SMILES string of the molecule is Cc1ncc(CNc2ccc(I)cc2[N+](=O)[O-])s1. The van der Waals surface area contributed by atoms with Crippen LogP contribution in [0.2, 0.25) is 0 Å². The first kappa shape index (κ1) is 13.2. The van der Waals surface area contributed by atoms with Gasteiger partial charge in [-0.1, -0.05) is 0 Å². The monoisotopic (exact) mass is 375 g/mol. The molecule has 0 saturated carbocycles. The van der Waals surface area contributed by atoms with E-state index in [1.165, 1.54) is 0 Å². The molecule has 2 rings (SSSR count). The van der Waals surface area contributed by atoms with Gasteiger partial charge in [0.2, 0.25) is 0 Å². The molecule has 0 saturated heterocycles. The minimum Gasteiger partial charge on any atom is -0.375 e. The van der Waals surface area contributed by atoms with Crippen molar-refractivity contribution in [3.63, 3.8) is 0 Å². The van der Waals surface area contributed by atoms with Gasteiger partial charge in [0.1, 0.15) is 5.69 Å². The number of thiazole rings is 1. The number of aromatic nitrogens is 1. The average molecular weight is 375 g/mol. The van der Waals surface area contributed by atoms with Crippen molar-refractivity contribution < 1.29 is 4.92 Å². The molecule has 0 aliphatic heterocycles. The van der Waals surface area contributed by atoms with Gasteiger partial charge < -0.3 is 5.32 Å². The molecule has 7 heteroatoms. The molecule has 0 spiro atoms. The van der Waals surface area contributed by atoms with Crippen LogP contribution in [-0.4, -0.2) is 9.91 Å². The first-order chi connectivity index (χ1) is 8.56. The lowest BCUT2D eigenvalue weighted by molar-refractivity contribution is -0.384. The molecule has 1 N–H and O–H groups in total. The first-order valence-corrected chi connectivity index (χ1v) is 7.05. The van der Waals surface area contributed by atoms with Crippen LogP contribution in [0.15, 0.2) is 24.4 Å². The largest absolute Gasteiger partial charge is 0.375 e. The van der Waals surface area contributed by atoms with Gasteiger partial charge in [-0.05, 0) is 41.6 Å². The van der Waals surface area contributed by atoms with Gasteiger partial charge in [0.25, 0.3) is 5.69 Å². The summed E-state index contributed by atoms with van der Waals surface area (Å²) in [4.78, 5) is 15.8. The molecule has 1 aromatic carbocycles. The van der Waals surface area contributed by atoms with Crippen molar-refractivity contribution in [1.29, 1.82) is 0 Å². The highest BCUT2D eigenvalue weighted by Crippen LogP contribution is 2.27. The minimum absolute atomic E-state index is 0.100. The number of aryl methyl sites for hydroxylation is 1. The summed E-state index contributed by atoms with van der Waals surface area (Å²) < 4.78 is 0.846. The Morgan fingerprint density at radius 1 is 1.56 bits per heavy atom. The van der Waals surface area contributed by atoms with E-state index in [0.717, 1.165) is 13.5 Å². The highest BCUT2D eigenvalue weighted by Gasteiger charge is 2.13. The van der Waals surface area contributed by atoms with Gasteiger partial charge in [0, 0.05) is 20.7 Å². The zero-order valence-corrected chi connectivity index (χ0v) is 12.5. The Labute approximate surface area is 122 Å². The number of nitro benzene ring substituents is 1. The smallest absolute Gasteiger partial charge is 0.293 e. The van der Waals surface area contributed by atoms with Crippen LogP contribution < -0.4 is 5.32 Å². The zero-order chi connectivity index (χ0) is 13.1. The Kier molecular flexibility index (Phi) is 4.12. The molecule has 18 heavy (non-hydrogen) atoms. The van der Waals surface area contributed by atoms with Crippen molar-refractivity contribution in [3.8, 4) is 0 Å². The van der Waals surface area contributed by atoms with Crippen molar-refractivity contribution in [2.45, 2.75) is 13.5 Å². The van der Waals surface area contributed by atoms with Crippen molar-refractivity contribution in [3.05, 3.63) is 48.0 Å². The molecule has 0 aliphatic carbocycles. The lowest BCUT2D eigenvalue weighted by Crippen LogP contribution is -2.01. The highest BCUT2D eigenvalue weighted by molar-refractivity contribution is 14.1. The maximum Gasteiger partial charge on any atom is 0.293 e. The summed E-state index contributed by atoms with van der Waals surface area (Å²) in [7, 11) is 0. The molecule has 0 amide bonds. The number of halogens is 1. The average Bonchev–Trinajstić information content (AvgIpc) is 2.73. The molecule has 2 aromatic rings. The summed E-state index contributed by atoms with van der Waals surface area (Å²) >= 11 is 3.64. The van der Waals surface area contributed by atoms with Gasteiger partial charge in [-0.15, -0.1) is 11.3 Å². The van der Waals surface area contributed by atoms with Gasteiger partial charge >= 0.3 is 0 Å². The third-order valence-electron chi connectivity index (χ3n) is 2.28. The molecule has 0 radical (unpaired) electrons. The van der Waals surface area contributed by atoms with E-state index in [2.05, 4.69) is 32.9 Å². The third-order valence-corrected chi connectivity index (χ3v) is 3.86. The molecule has 0 bridgehead atoms. The van der Waals surface area contributed by atoms with Gasteiger partial charge in [0.15, 0.2) is 0 Å². The van der Waals surface area contributed by atoms with Crippen LogP contribution in [0, 0.1) is 20.6 Å². The van der Waals surface area contributed by atoms with E-state index in [0.29, 0.717) is 12.2 Å². The topological polar surface area (TPSA) is 68.1 Å². The number of nitrogens with zero attached hydrogens (tertiary/aromatic N) is 2. The van der Waals surface area contributed by atoms with Crippen LogP contribution in [0.1, 0.15) is 9.88 Å². The normalized spacial score (nSPS) is 10.3. The molecular weight excluding hydrogens is 365 g/mol. The lowest BCUT2D eigenvalue weighted by Gasteiger charge is -2.05. The van der Waals surface area contributed by atoms with Gasteiger partial charge in [-0.2, -0.15) is 0 Å². The Hall–Kier alpha value is -1.22. The van der Waals surface area contributed by atoms with Crippen LogP contribution in [0.5, 0.6) is 0 Å². The van der Waals surface area contributed by atoms with Gasteiger partial charge in [-0.25, -0.2) is 4.98 Å². The Morgan fingerprint density at radius 2 is 2.33 bits per heavy atom. The van der Waals surface area contributed by atoms with Gasteiger partial charge in [0.05, 0.1) is 16.5 Å².